The number of nitrogens with zero attached hydrogens (tertiary/aromatic N) is 2. The maximum atomic E-state index is 2.51. The van der Waals surface area contributed by atoms with E-state index in [0.29, 0.717) is 0 Å². The third-order valence-corrected chi connectivity index (χ3v) is 27.5. The van der Waals surface area contributed by atoms with Crippen LogP contribution in [0.15, 0.2) is 267 Å². The molecule has 0 amide bonds. The predicted octanol–water partition coefficient (Wildman–Crippen LogP) is 13.2. The van der Waals surface area contributed by atoms with Gasteiger partial charge in [0.2, 0.25) is 0 Å². The SMILES string of the molecule is CC(C)(C)c1ccc2c(c1)c1cc(C(C)(C)C)ccc1n2-c1ccc2c(c1)c1cc(-c3ccccc3)ccc1n2-c1ccc([Si]2(c3ccccc3)c3ccccc3[Si](c3ccccc3)(c3ccccc3)c3ccccc32)cc1. The predicted molar refractivity (Wildman–Crippen MR) is 339 cm³/mol. The molecule has 0 saturated heterocycles. The van der Waals surface area contributed by atoms with E-state index in [1.54, 1.807) is 0 Å². The molecule has 0 N–H and O–H groups in total. The fourth-order valence-corrected chi connectivity index (χ4v) is 25.6. The molecule has 0 atom stereocenters. The van der Waals surface area contributed by atoms with Crippen LogP contribution < -0.4 is 41.5 Å². The fourth-order valence-electron chi connectivity index (χ4n) is 13.5. The zero-order chi connectivity index (χ0) is 53.0. The van der Waals surface area contributed by atoms with E-state index in [1.807, 2.05) is 0 Å². The molecule has 78 heavy (non-hydrogen) atoms. The maximum Gasteiger partial charge on any atom is 0.179 e. The van der Waals surface area contributed by atoms with Crippen LogP contribution in [0, 0.1) is 0 Å². The summed E-state index contributed by atoms with van der Waals surface area (Å²) in [6.07, 6.45) is 0. The van der Waals surface area contributed by atoms with Gasteiger partial charge in [0.25, 0.3) is 0 Å². The maximum absolute atomic E-state index is 2.98. The lowest BCUT2D eigenvalue weighted by Crippen LogP contribution is -2.93. The van der Waals surface area contributed by atoms with Crippen molar-refractivity contribution in [2.45, 2.75) is 52.4 Å². The molecule has 0 aliphatic carbocycles. The monoisotopic (exact) mass is 1030 g/mol. The summed E-state index contributed by atoms with van der Waals surface area (Å²) in [4.78, 5) is 0. The highest BCUT2D eigenvalue weighted by Gasteiger charge is 2.56. The summed E-state index contributed by atoms with van der Waals surface area (Å²) < 4.78 is 5.01. The molecule has 0 bridgehead atoms. The van der Waals surface area contributed by atoms with E-state index in [2.05, 4.69) is 318 Å². The van der Waals surface area contributed by atoms with Crippen LogP contribution in [0.3, 0.4) is 0 Å². The third kappa shape index (κ3) is 7.20. The molecule has 2 aromatic heterocycles. The summed E-state index contributed by atoms with van der Waals surface area (Å²) in [6, 6.07) is 103. The lowest BCUT2D eigenvalue weighted by atomic mass is 9.85. The van der Waals surface area contributed by atoms with E-state index in [1.165, 1.54) is 107 Å². The zero-order valence-corrected chi connectivity index (χ0v) is 47.3. The van der Waals surface area contributed by atoms with Crippen molar-refractivity contribution in [1.82, 2.24) is 9.13 Å². The molecule has 11 aromatic carbocycles. The number of hydrogen-bond acceptors (Lipinski definition) is 0. The van der Waals surface area contributed by atoms with Crippen LogP contribution in [0.25, 0.3) is 66.1 Å². The van der Waals surface area contributed by atoms with Crippen LogP contribution in [0.2, 0.25) is 0 Å². The standard InChI is InChI=1S/C74H62N2Si2/c1-73(2,3)53-36-44-66-62(48-53)63-49-54(74(4,5)6)37-45-67(63)76(66)56-40-46-68-64(50-56)61-47-52(51-23-11-7-12-24-51)35-43-65(61)75(68)55-38-41-60(42-39-55)78(59-29-17-10-18-30-59)71-33-21-19-31-69(71)77(57-25-13-8-14-26-57,58-27-15-9-16-28-58)70-32-20-22-34-72(70)78/h7-50H,1-6H3. The van der Waals surface area contributed by atoms with Gasteiger partial charge in [0, 0.05) is 32.9 Å². The van der Waals surface area contributed by atoms with Gasteiger partial charge in [-0.1, -0.05) is 242 Å². The first-order valence-electron chi connectivity index (χ1n) is 27.7. The first-order valence-corrected chi connectivity index (χ1v) is 31.7. The minimum absolute atomic E-state index is 0.0214. The van der Waals surface area contributed by atoms with Crippen molar-refractivity contribution in [1.29, 1.82) is 0 Å². The zero-order valence-electron chi connectivity index (χ0n) is 45.3. The number of aromatic nitrogens is 2. The van der Waals surface area contributed by atoms with Gasteiger partial charge in [-0.3, -0.25) is 0 Å². The summed E-state index contributed by atoms with van der Waals surface area (Å²) in [5, 5.41) is 16.6. The Balaban J connectivity index is 0.998. The first-order chi connectivity index (χ1) is 38.0. The highest BCUT2D eigenvalue weighted by Crippen LogP contribution is 2.41. The Labute approximate surface area is 460 Å². The molecule has 376 valence electrons. The van der Waals surface area contributed by atoms with E-state index in [4.69, 9.17) is 0 Å². The van der Waals surface area contributed by atoms with Crippen LogP contribution in [0.5, 0.6) is 0 Å². The molecule has 3 heterocycles. The number of hydrogen-bond donors (Lipinski definition) is 0. The van der Waals surface area contributed by atoms with Crippen molar-refractivity contribution in [3.8, 4) is 22.5 Å². The van der Waals surface area contributed by atoms with Crippen molar-refractivity contribution in [2.75, 3.05) is 0 Å². The fraction of sp³-hybridized carbons (Fsp3) is 0.108. The summed E-state index contributed by atoms with van der Waals surface area (Å²) in [5.41, 5.74) is 12.3. The van der Waals surface area contributed by atoms with Gasteiger partial charge in [0.05, 0.1) is 22.1 Å². The quantitative estimate of drug-likeness (QED) is 0.141. The van der Waals surface area contributed by atoms with Crippen LogP contribution in [0.1, 0.15) is 52.7 Å². The summed E-state index contributed by atoms with van der Waals surface area (Å²) in [6.45, 7) is 13.9. The average Bonchev–Trinajstić information content (AvgIpc) is 3.05. The molecule has 1 aliphatic heterocycles. The van der Waals surface area contributed by atoms with E-state index in [0.717, 1.165) is 11.4 Å². The summed E-state index contributed by atoms with van der Waals surface area (Å²) >= 11 is 0. The topological polar surface area (TPSA) is 9.86 Å². The second-order valence-electron chi connectivity index (χ2n) is 23.7. The van der Waals surface area contributed by atoms with Crippen molar-refractivity contribution in [3.63, 3.8) is 0 Å². The molecule has 2 nitrogen and oxygen atoms in total. The molecule has 1 aliphatic rings. The largest absolute Gasteiger partial charge is 0.309 e. The van der Waals surface area contributed by atoms with Crippen LogP contribution in [-0.4, -0.2) is 25.3 Å². The lowest BCUT2D eigenvalue weighted by Gasteiger charge is -2.48. The Hall–Kier alpha value is -8.55. The Bertz CT molecular complexity index is 4260. The van der Waals surface area contributed by atoms with E-state index >= 15 is 0 Å². The molecule has 0 saturated carbocycles. The van der Waals surface area contributed by atoms with Gasteiger partial charge >= 0.3 is 0 Å². The van der Waals surface area contributed by atoms with Crippen molar-refractivity contribution in [3.05, 3.63) is 278 Å². The number of benzene rings is 11. The molecule has 13 aromatic rings. The number of rotatable bonds is 7. The minimum Gasteiger partial charge on any atom is -0.309 e. The Kier molecular flexibility index (Phi) is 11.1. The van der Waals surface area contributed by atoms with Gasteiger partial charge in [-0.05, 0) is 141 Å². The van der Waals surface area contributed by atoms with Gasteiger partial charge in [-0.25, -0.2) is 0 Å². The molecule has 0 radical (unpaired) electrons. The van der Waals surface area contributed by atoms with Crippen molar-refractivity contribution in [2.24, 2.45) is 0 Å². The van der Waals surface area contributed by atoms with Gasteiger partial charge < -0.3 is 9.13 Å². The van der Waals surface area contributed by atoms with E-state index in [9.17, 15) is 0 Å². The summed E-state index contributed by atoms with van der Waals surface area (Å²) in [5.74, 6) is 0. The Morgan fingerprint density at radius 1 is 0.256 bits per heavy atom. The molecular weight excluding hydrogens is 973 g/mol. The highest BCUT2D eigenvalue weighted by molar-refractivity contribution is 7.32. The van der Waals surface area contributed by atoms with Crippen LogP contribution in [-0.2, 0) is 10.8 Å². The first kappa shape index (κ1) is 47.9. The molecule has 0 fully saturated rings. The van der Waals surface area contributed by atoms with E-state index in [-0.39, 0.29) is 10.8 Å². The normalized spacial score (nSPS) is 14.0. The lowest BCUT2D eigenvalue weighted by molar-refractivity contribution is 0.590. The van der Waals surface area contributed by atoms with Crippen LogP contribution >= 0.6 is 0 Å². The average molecular weight is 1040 g/mol. The van der Waals surface area contributed by atoms with E-state index < -0.39 is 16.1 Å². The Morgan fingerprint density at radius 3 is 1.00 bits per heavy atom. The van der Waals surface area contributed by atoms with Gasteiger partial charge in [0.1, 0.15) is 0 Å². The smallest absolute Gasteiger partial charge is 0.179 e. The minimum atomic E-state index is -2.98. The number of fused-ring (bicyclic) bond motifs is 8. The van der Waals surface area contributed by atoms with Gasteiger partial charge in [-0.15, -0.1) is 0 Å². The highest BCUT2D eigenvalue weighted by atomic mass is 28.3. The molecular formula is C74H62N2Si2. The van der Waals surface area contributed by atoms with Crippen molar-refractivity contribution >= 4 is 101 Å². The van der Waals surface area contributed by atoms with Crippen molar-refractivity contribution < 1.29 is 0 Å². The molecule has 14 rings (SSSR count). The second-order valence-corrected chi connectivity index (χ2v) is 31.1. The second kappa shape index (κ2) is 18.0. The van der Waals surface area contributed by atoms with Gasteiger partial charge in [0.15, 0.2) is 16.1 Å². The third-order valence-electron chi connectivity index (χ3n) is 17.3. The molecule has 4 heteroatoms. The van der Waals surface area contributed by atoms with Crippen LogP contribution in [0.4, 0.5) is 0 Å². The Morgan fingerprint density at radius 2 is 0.577 bits per heavy atom. The summed E-state index contributed by atoms with van der Waals surface area (Å²) in [7, 11) is -5.80. The van der Waals surface area contributed by atoms with Gasteiger partial charge in [-0.2, -0.15) is 0 Å². The molecule has 0 spiro atoms. The molecule has 0 unspecified atom stereocenters.